The third-order valence-corrected chi connectivity index (χ3v) is 6.20. The molecule has 2 N–H and O–H groups in total. The molecule has 6 bridgehead atoms. The van der Waals surface area contributed by atoms with Crippen LogP contribution in [0.4, 0.5) is 5.69 Å². The minimum absolute atomic E-state index is 0.0254. The first-order valence-electron chi connectivity index (χ1n) is 14.4. The Bertz CT molecular complexity index is 1330. The van der Waals surface area contributed by atoms with Crippen LogP contribution in [0, 0.1) is 10.1 Å². The molecule has 13 nitrogen and oxygen atoms in total. The van der Waals surface area contributed by atoms with Gasteiger partial charge >= 0.3 is 0 Å². The molecule has 3 aromatic carbocycles. The molecule has 0 radical (unpaired) electrons. The number of benzene rings is 3. The molecule has 0 aliphatic carbocycles. The Labute approximate surface area is 260 Å². The van der Waals surface area contributed by atoms with Crippen molar-refractivity contribution in [3.05, 3.63) is 100 Å². The van der Waals surface area contributed by atoms with Crippen LogP contribution in [0.2, 0.25) is 0 Å². The van der Waals surface area contributed by atoms with E-state index in [1.54, 1.807) is 48.5 Å². The molecule has 4 heterocycles. The quantitative estimate of drug-likeness (QED) is 0.234. The van der Waals surface area contributed by atoms with Gasteiger partial charge in [-0.1, -0.05) is 12.2 Å². The summed E-state index contributed by atoms with van der Waals surface area (Å²) in [5.74, 6) is 1.29. The largest absolute Gasteiger partial charge is 0.492 e. The molecule has 238 valence electrons. The first-order chi connectivity index (χ1) is 22.0. The summed E-state index contributed by atoms with van der Waals surface area (Å²) in [5, 5.41) is 16.8. The fourth-order valence-electron chi connectivity index (χ4n) is 3.99. The van der Waals surface area contributed by atoms with Crippen LogP contribution in [0.3, 0.4) is 0 Å². The van der Waals surface area contributed by atoms with Crippen molar-refractivity contribution in [2.45, 2.75) is 0 Å². The highest BCUT2D eigenvalue weighted by molar-refractivity contribution is 6.00. The Morgan fingerprint density at radius 2 is 0.933 bits per heavy atom. The van der Waals surface area contributed by atoms with Gasteiger partial charge in [0.05, 0.1) is 44.4 Å². The van der Waals surface area contributed by atoms with Gasteiger partial charge in [0, 0.05) is 23.3 Å². The molecule has 0 atom stereocenters. The van der Waals surface area contributed by atoms with Crippen LogP contribution in [0.25, 0.3) is 0 Å². The zero-order chi connectivity index (χ0) is 31.7. The first-order valence-corrected chi connectivity index (χ1v) is 14.4. The highest BCUT2D eigenvalue weighted by atomic mass is 16.6. The van der Waals surface area contributed by atoms with Gasteiger partial charge in [0.1, 0.15) is 49.4 Å². The lowest BCUT2D eigenvalue weighted by Gasteiger charge is -2.11. The van der Waals surface area contributed by atoms with E-state index >= 15 is 0 Å². The molecule has 0 spiro atoms. The van der Waals surface area contributed by atoms with Gasteiger partial charge in [0.25, 0.3) is 17.5 Å². The van der Waals surface area contributed by atoms with Gasteiger partial charge in [-0.05, 0) is 54.6 Å². The maximum atomic E-state index is 12.7. The van der Waals surface area contributed by atoms with Crippen LogP contribution in [-0.4, -0.2) is 82.7 Å². The molecule has 45 heavy (non-hydrogen) atoms. The van der Waals surface area contributed by atoms with Crippen molar-refractivity contribution in [2.24, 2.45) is 0 Å². The molecule has 0 fully saturated rings. The molecule has 0 unspecified atom stereocenters. The summed E-state index contributed by atoms with van der Waals surface area (Å²) in [7, 11) is 0. The van der Waals surface area contributed by atoms with E-state index in [0.29, 0.717) is 62.6 Å². The van der Waals surface area contributed by atoms with Crippen molar-refractivity contribution in [1.29, 1.82) is 0 Å². The highest BCUT2D eigenvalue weighted by Crippen LogP contribution is 2.20. The second-order valence-corrected chi connectivity index (χ2v) is 9.50. The predicted octanol–water partition coefficient (Wildman–Crippen LogP) is 3.57. The highest BCUT2D eigenvalue weighted by Gasteiger charge is 2.18. The Hall–Kier alpha value is -5.14. The number of non-ortho nitro benzene ring substituents is 1. The molecule has 0 saturated heterocycles. The van der Waals surface area contributed by atoms with Crippen molar-refractivity contribution in [1.82, 2.24) is 10.6 Å². The molecule has 4 aliphatic heterocycles. The standard InChI is InChI=1S/C32H35N3O10/c36-31-24-21-25(23-26(22-24)35(38)39)32(37)34-12-16-43-28-5-9-30(10-6-28)45-20-18-41-14-2-1-13-40-17-19-44-29-7-3-27(4-8-29)42-15-11-33-31/h1-10,21-23H,11-20H2,(H,33,36)(H,34,37). The molecule has 7 rings (SSSR count). The number of nitro groups is 1. The lowest BCUT2D eigenvalue weighted by Crippen LogP contribution is -2.30. The van der Waals surface area contributed by atoms with E-state index in [2.05, 4.69) is 10.6 Å². The maximum absolute atomic E-state index is 12.7. The number of ether oxygens (including phenoxy) is 6. The Balaban J connectivity index is 1.36. The monoisotopic (exact) mass is 621 g/mol. The molecule has 0 aromatic heterocycles. The van der Waals surface area contributed by atoms with E-state index in [4.69, 9.17) is 28.4 Å². The average Bonchev–Trinajstić information content (AvgIpc) is 3.06. The third kappa shape index (κ3) is 11.5. The van der Waals surface area contributed by atoms with E-state index < -0.39 is 16.7 Å². The zero-order valence-electron chi connectivity index (χ0n) is 24.6. The molecule has 0 saturated carbocycles. The minimum atomic E-state index is -0.659. The fourth-order valence-corrected chi connectivity index (χ4v) is 3.99. The van der Waals surface area contributed by atoms with Gasteiger partial charge in [0.2, 0.25) is 0 Å². The number of amides is 2. The minimum Gasteiger partial charge on any atom is -0.492 e. The summed E-state index contributed by atoms with van der Waals surface area (Å²) in [6.45, 7) is 3.02. The molecule has 13 heteroatoms. The van der Waals surface area contributed by atoms with Gasteiger partial charge in [-0.25, -0.2) is 0 Å². The lowest BCUT2D eigenvalue weighted by atomic mass is 10.1. The van der Waals surface area contributed by atoms with Crippen molar-refractivity contribution >= 4 is 17.5 Å². The van der Waals surface area contributed by atoms with Gasteiger partial charge < -0.3 is 39.1 Å². The number of rotatable bonds is 1. The smallest absolute Gasteiger partial charge is 0.271 e. The summed E-state index contributed by atoms with van der Waals surface area (Å²) in [6, 6.07) is 17.5. The predicted molar refractivity (Wildman–Crippen MR) is 163 cm³/mol. The SMILES string of the molecule is O=C1NCCOc2ccc(cc2)OCCOCC=CCOCCOc2ccc(cc2)OCCNC(=O)c2cc1cc([N+](=O)[O-])c2. The molecule has 3 aromatic rings. The molecular formula is C32H35N3O10. The first kappa shape index (κ1) is 32.8. The number of nitro benzene ring substituents is 1. The van der Waals surface area contributed by atoms with Crippen LogP contribution < -0.4 is 29.6 Å². The van der Waals surface area contributed by atoms with Crippen molar-refractivity contribution in [2.75, 3.05) is 65.9 Å². The number of hydrogen-bond acceptors (Lipinski definition) is 10. The topological polar surface area (TPSA) is 157 Å². The lowest BCUT2D eigenvalue weighted by molar-refractivity contribution is -0.384. The number of nitrogens with zero attached hydrogens (tertiary/aromatic N) is 1. The maximum Gasteiger partial charge on any atom is 0.271 e. The van der Waals surface area contributed by atoms with E-state index in [-0.39, 0.29) is 43.1 Å². The third-order valence-electron chi connectivity index (χ3n) is 6.20. The second kappa shape index (κ2) is 17.9. The number of carbonyl (C=O) groups is 2. The van der Waals surface area contributed by atoms with Crippen LogP contribution in [0.5, 0.6) is 23.0 Å². The van der Waals surface area contributed by atoms with E-state index in [0.717, 1.165) is 12.1 Å². The number of hydrogen-bond donors (Lipinski definition) is 2. The van der Waals surface area contributed by atoms with Gasteiger partial charge in [-0.3, -0.25) is 19.7 Å². The Kier molecular flexibility index (Phi) is 13.0. The van der Waals surface area contributed by atoms with Gasteiger partial charge in [0.15, 0.2) is 0 Å². The molecular weight excluding hydrogens is 586 g/mol. The summed E-state index contributed by atoms with van der Waals surface area (Å²) >= 11 is 0. The van der Waals surface area contributed by atoms with Crippen LogP contribution in [0.15, 0.2) is 78.9 Å². The average molecular weight is 622 g/mol. The van der Waals surface area contributed by atoms with Gasteiger partial charge in [-0.15, -0.1) is 0 Å². The van der Waals surface area contributed by atoms with E-state index in [1.165, 1.54) is 6.07 Å². The van der Waals surface area contributed by atoms with Crippen LogP contribution in [-0.2, 0) is 9.47 Å². The van der Waals surface area contributed by atoms with Crippen molar-refractivity contribution < 1.29 is 42.9 Å². The van der Waals surface area contributed by atoms with E-state index in [1.807, 2.05) is 12.2 Å². The summed E-state index contributed by atoms with van der Waals surface area (Å²) < 4.78 is 33.7. The number of carbonyl (C=O) groups excluding carboxylic acids is 2. The fraction of sp³-hybridized carbons (Fsp3) is 0.312. The molecule has 2 amide bonds. The molecule has 4 aliphatic rings. The van der Waals surface area contributed by atoms with Crippen molar-refractivity contribution in [3.63, 3.8) is 0 Å². The normalized spacial score (nSPS) is 16.2. The van der Waals surface area contributed by atoms with Crippen molar-refractivity contribution in [3.8, 4) is 23.0 Å². The Morgan fingerprint density at radius 3 is 1.31 bits per heavy atom. The van der Waals surface area contributed by atoms with Crippen LogP contribution >= 0.6 is 0 Å². The Morgan fingerprint density at radius 1 is 0.556 bits per heavy atom. The second-order valence-electron chi connectivity index (χ2n) is 9.50. The summed E-state index contributed by atoms with van der Waals surface area (Å²) in [6.07, 6.45) is 3.76. The number of nitrogens with one attached hydrogen (secondary N) is 2. The summed E-state index contributed by atoms with van der Waals surface area (Å²) in [5.41, 5.74) is -0.433. The zero-order valence-corrected chi connectivity index (χ0v) is 24.6. The van der Waals surface area contributed by atoms with Crippen LogP contribution in [0.1, 0.15) is 20.7 Å². The van der Waals surface area contributed by atoms with Gasteiger partial charge in [-0.2, -0.15) is 0 Å². The summed E-state index contributed by atoms with van der Waals surface area (Å²) in [4.78, 5) is 36.3. The van der Waals surface area contributed by atoms with E-state index in [9.17, 15) is 19.7 Å².